The first-order valence-corrected chi connectivity index (χ1v) is 4.93. The second-order valence-electron chi connectivity index (χ2n) is 4.07. The van der Waals surface area contributed by atoms with Crippen molar-refractivity contribution in [3.63, 3.8) is 0 Å². The Morgan fingerprint density at radius 1 is 1.40 bits per heavy atom. The second-order valence-corrected chi connectivity index (χ2v) is 4.07. The van der Waals surface area contributed by atoms with Gasteiger partial charge in [-0.3, -0.25) is 0 Å². The number of hydrogen-bond donors (Lipinski definition) is 1. The minimum absolute atomic E-state index is 0.0992. The van der Waals surface area contributed by atoms with Gasteiger partial charge >= 0.3 is 0 Å². The fraction of sp³-hybridized carbons (Fsp3) is 0.417. The fourth-order valence-corrected chi connectivity index (χ4v) is 1.14. The van der Waals surface area contributed by atoms with E-state index < -0.39 is 5.54 Å². The first-order valence-electron chi connectivity index (χ1n) is 4.93. The van der Waals surface area contributed by atoms with Crippen LogP contribution in [0.2, 0.25) is 0 Å². The van der Waals surface area contributed by atoms with Crippen LogP contribution in [0.1, 0.15) is 20.8 Å². The van der Waals surface area contributed by atoms with Gasteiger partial charge in [-0.2, -0.15) is 5.26 Å². The van der Waals surface area contributed by atoms with Crippen LogP contribution in [0.5, 0.6) is 0 Å². The molecule has 2 nitrogen and oxygen atoms in total. The van der Waals surface area contributed by atoms with E-state index in [-0.39, 0.29) is 11.7 Å². The van der Waals surface area contributed by atoms with E-state index in [4.69, 9.17) is 5.26 Å². The number of halogens is 1. The van der Waals surface area contributed by atoms with Gasteiger partial charge in [0, 0.05) is 0 Å². The molecule has 1 N–H and O–H groups in total. The lowest BCUT2D eigenvalue weighted by molar-refractivity contribution is 0.461. The third kappa shape index (κ3) is 2.47. The van der Waals surface area contributed by atoms with Gasteiger partial charge in [-0.15, -0.1) is 0 Å². The second kappa shape index (κ2) is 4.31. The van der Waals surface area contributed by atoms with Crippen LogP contribution in [0.15, 0.2) is 24.3 Å². The molecule has 80 valence electrons. The fourth-order valence-electron chi connectivity index (χ4n) is 1.14. The van der Waals surface area contributed by atoms with Gasteiger partial charge in [0.15, 0.2) is 0 Å². The molecule has 0 aliphatic heterocycles. The minimum atomic E-state index is -0.748. The number of rotatable bonds is 3. The van der Waals surface area contributed by atoms with Gasteiger partial charge in [0.2, 0.25) is 0 Å². The Morgan fingerprint density at radius 3 is 2.47 bits per heavy atom. The van der Waals surface area contributed by atoms with Crippen molar-refractivity contribution < 1.29 is 4.39 Å². The van der Waals surface area contributed by atoms with Crippen LogP contribution in [0, 0.1) is 23.1 Å². The molecule has 0 spiro atoms. The standard InChI is InChI=1S/C12H15FN2/c1-9(2)12(3,8-14)15-11-7-5-4-6-10(11)13/h4-7,9,15H,1-3H3/t12-/m0/s1. The Kier molecular flexibility index (Phi) is 3.31. The van der Waals surface area contributed by atoms with Gasteiger partial charge in [-0.1, -0.05) is 26.0 Å². The summed E-state index contributed by atoms with van der Waals surface area (Å²) in [5, 5.41) is 12.0. The van der Waals surface area contributed by atoms with E-state index in [9.17, 15) is 4.39 Å². The Hall–Kier alpha value is -1.56. The molecule has 0 radical (unpaired) electrons. The summed E-state index contributed by atoms with van der Waals surface area (Å²) in [6.45, 7) is 5.62. The quantitative estimate of drug-likeness (QED) is 0.824. The van der Waals surface area contributed by atoms with Gasteiger partial charge < -0.3 is 5.32 Å². The molecule has 0 saturated heterocycles. The van der Waals surface area contributed by atoms with Gasteiger partial charge in [0.05, 0.1) is 11.8 Å². The van der Waals surface area contributed by atoms with Gasteiger partial charge in [-0.25, -0.2) is 4.39 Å². The molecular formula is C12H15FN2. The summed E-state index contributed by atoms with van der Waals surface area (Å²) >= 11 is 0. The average Bonchev–Trinajstić information content (AvgIpc) is 2.21. The predicted molar refractivity (Wildman–Crippen MR) is 58.9 cm³/mol. The van der Waals surface area contributed by atoms with Crippen LogP contribution in [0.3, 0.4) is 0 Å². The van der Waals surface area contributed by atoms with E-state index in [1.807, 2.05) is 13.8 Å². The maximum atomic E-state index is 13.3. The molecule has 15 heavy (non-hydrogen) atoms. The number of anilines is 1. The van der Waals surface area contributed by atoms with Crippen molar-refractivity contribution in [3.05, 3.63) is 30.1 Å². The zero-order valence-corrected chi connectivity index (χ0v) is 9.21. The first kappa shape index (κ1) is 11.5. The lowest BCUT2D eigenvalue weighted by atomic mass is 9.90. The topological polar surface area (TPSA) is 35.8 Å². The van der Waals surface area contributed by atoms with Crippen LogP contribution in [0.25, 0.3) is 0 Å². The van der Waals surface area contributed by atoms with Gasteiger partial charge in [0.25, 0.3) is 0 Å². The van der Waals surface area contributed by atoms with Crippen molar-refractivity contribution >= 4 is 5.69 Å². The average molecular weight is 206 g/mol. The number of nitriles is 1. The lowest BCUT2D eigenvalue weighted by Crippen LogP contribution is -2.38. The molecule has 0 amide bonds. The molecule has 0 fully saturated rings. The molecule has 0 bridgehead atoms. The molecule has 3 heteroatoms. The summed E-state index contributed by atoms with van der Waals surface area (Å²) in [6.07, 6.45) is 0. The largest absolute Gasteiger partial charge is 0.365 e. The highest BCUT2D eigenvalue weighted by atomic mass is 19.1. The number of hydrogen-bond acceptors (Lipinski definition) is 2. The van der Waals surface area contributed by atoms with Crippen molar-refractivity contribution in [2.75, 3.05) is 5.32 Å². The molecule has 0 aromatic heterocycles. The van der Waals surface area contributed by atoms with Crippen molar-refractivity contribution in [2.24, 2.45) is 5.92 Å². The van der Waals surface area contributed by atoms with Crippen molar-refractivity contribution in [1.29, 1.82) is 5.26 Å². The Balaban J connectivity index is 2.96. The molecular weight excluding hydrogens is 191 g/mol. The molecule has 0 heterocycles. The Bertz CT molecular complexity index is 381. The Morgan fingerprint density at radius 2 is 2.00 bits per heavy atom. The molecule has 1 atom stereocenters. The van der Waals surface area contributed by atoms with E-state index >= 15 is 0 Å². The highest BCUT2D eigenvalue weighted by molar-refractivity contribution is 5.48. The molecule has 0 unspecified atom stereocenters. The minimum Gasteiger partial charge on any atom is -0.365 e. The summed E-state index contributed by atoms with van der Waals surface area (Å²) in [4.78, 5) is 0. The number of nitrogens with zero attached hydrogens (tertiary/aromatic N) is 1. The van der Waals surface area contributed by atoms with Crippen LogP contribution in [-0.4, -0.2) is 5.54 Å². The van der Waals surface area contributed by atoms with Crippen LogP contribution < -0.4 is 5.32 Å². The van der Waals surface area contributed by atoms with Crippen molar-refractivity contribution in [1.82, 2.24) is 0 Å². The first-order chi connectivity index (χ1) is 6.99. The van der Waals surface area contributed by atoms with Gasteiger partial charge in [0.1, 0.15) is 11.4 Å². The lowest BCUT2D eigenvalue weighted by Gasteiger charge is -2.28. The van der Waals surface area contributed by atoms with E-state index in [2.05, 4.69) is 11.4 Å². The summed E-state index contributed by atoms with van der Waals surface area (Å²) in [6, 6.07) is 8.55. The maximum absolute atomic E-state index is 13.3. The zero-order chi connectivity index (χ0) is 11.5. The van der Waals surface area contributed by atoms with E-state index in [1.54, 1.807) is 25.1 Å². The summed E-state index contributed by atoms with van der Waals surface area (Å²) in [5.74, 6) is -0.235. The van der Waals surface area contributed by atoms with Gasteiger partial charge in [-0.05, 0) is 25.0 Å². The molecule has 1 aromatic carbocycles. The van der Waals surface area contributed by atoms with E-state index in [0.717, 1.165) is 0 Å². The monoisotopic (exact) mass is 206 g/mol. The third-order valence-electron chi connectivity index (χ3n) is 2.66. The van der Waals surface area contributed by atoms with E-state index in [0.29, 0.717) is 5.69 Å². The highest BCUT2D eigenvalue weighted by Gasteiger charge is 2.28. The van der Waals surface area contributed by atoms with Crippen LogP contribution in [0.4, 0.5) is 10.1 Å². The van der Waals surface area contributed by atoms with Crippen molar-refractivity contribution in [2.45, 2.75) is 26.3 Å². The van der Waals surface area contributed by atoms with Crippen LogP contribution >= 0.6 is 0 Å². The number of benzene rings is 1. The highest BCUT2D eigenvalue weighted by Crippen LogP contribution is 2.23. The molecule has 0 saturated carbocycles. The summed E-state index contributed by atoms with van der Waals surface area (Å²) in [7, 11) is 0. The molecule has 1 rings (SSSR count). The van der Waals surface area contributed by atoms with E-state index in [1.165, 1.54) is 6.07 Å². The SMILES string of the molecule is CC(C)[C@](C)(C#N)Nc1ccccc1F. The molecule has 0 aliphatic carbocycles. The zero-order valence-electron chi connectivity index (χ0n) is 9.21. The van der Waals surface area contributed by atoms with Crippen molar-refractivity contribution in [3.8, 4) is 6.07 Å². The number of para-hydroxylation sites is 1. The molecule has 0 aliphatic rings. The Labute approximate surface area is 89.7 Å². The summed E-state index contributed by atoms with van der Waals surface area (Å²) in [5.41, 5.74) is -0.377. The normalized spacial score (nSPS) is 14.4. The number of nitrogens with one attached hydrogen (secondary N) is 1. The third-order valence-corrected chi connectivity index (χ3v) is 2.66. The molecule has 1 aromatic rings. The maximum Gasteiger partial charge on any atom is 0.146 e. The predicted octanol–water partition coefficient (Wildman–Crippen LogP) is 3.18. The smallest absolute Gasteiger partial charge is 0.146 e. The van der Waals surface area contributed by atoms with Crippen LogP contribution in [-0.2, 0) is 0 Å². The summed E-state index contributed by atoms with van der Waals surface area (Å²) < 4.78 is 13.3.